The predicted molar refractivity (Wildman–Crippen MR) is 95.5 cm³/mol. The second kappa shape index (κ2) is 8.72. The molecule has 26 heavy (non-hydrogen) atoms. The van der Waals surface area contributed by atoms with Gasteiger partial charge in [0.15, 0.2) is 17.0 Å². The fraction of sp³-hybridized carbons (Fsp3) is 0.238. The monoisotopic (exact) mass is 349 g/mol. The van der Waals surface area contributed by atoms with Gasteiger partial charge in [0.2, 0.25) is 0 Å². The van der Waals surface area contributed by atoms with Crippen molar-refractivity contribution in [2.45, 2.75) is 19.8 Å². The fourth-order valence-electron chi connectivity index (χ4n) is 2.60. The van der Waals surface area contributed by atoms with E-state index in [1.165, 1.54) is 0 Å². The van der Waals surface area contributed by atoms with Crippen molar-refractivity contribution in [3.63, 3.8) is 0 Å². The Labute approximate surface area is 152 Å². The summed E-state index contributed by atoms with van der Waals surface area (Å²) in [6.07, 6.45) is -0.824. The van der Waals surface area contributed by atoms with Gasteiger partial charge in [0, 0.05) is 24.0 Å². The molecule has 2 aromatic rings. The Bertz CT molecular complexity index is 769. The molecule has 0 aliphatic carbocycles. The average molecular weight is 349 g/mol. The molecule has 0 aromatic heterocycles. The van der Waals surface area contributed by atoms with E-state index in [0.29, 0.717) is 11.1 Å². The zero-order valence-corrected chi connectivity index (χ0v) is 14.5. The summed E-state index contributed by atoms with van der Waals surface area (Å²) in [5, 5.41) is 9.71. The van der Waals surface area contributed by atoms with Crippen LogP contribution in [0.15, 0.2) is 60.7 Å². The molecule has 0 fully saturated rings. The third kappa shape index (κ3) is 4.42. The molecule has 0 aliphatic rings. The van der Waals surface area contributed by atoms with Gasteiger partial charge in [-0.25, -0.2) is 0 Å². The molecular weight excluding hydrogens is 330 g/mol. The number of Topliss-reactive ketones (excluding diaryl/α,β-unsaturated/α-hetero) is 2. The van der Waals surface area contributed by atoms with Crippen LogP contribution in [-0.2, 0) is 9.53 Å². The smallest absolute Gasteiger partial charge is 0.327 e. The molecule has 5 nitrogen and oxygen atoms in total. The van der Waals surface area contributed by atoms with Crippen LogP contribution < -0.4 is 0 Å². The van der Waals surface area contributed by atoms with Gasteiger partial charge in [0.1, 0.15) is 0 Å². The van der Waals surface area contributed by atoms with Crippen molar-refractivity contribution >= 4 is 17.5 Å². The molecule has 2 rings (SSSR count). The molecule has 0 aliphatic heterocycles. The molecule has 0 spiro atoms. The lowest BCUT2D eigenvalue weighted by molar-refractivity contribution is -0.151. The minimum Gasteiger partial charge on any atom is -0.465 e. The van der Waals surface area contributed by atoms with Gasteiger partial charge in [0.25, 0.3) is 0 Å². The number of nitrogens with zero attached hydrogens (tertiary/aromatic N) is 1. The van der Waals surface area contributed by atoms with E-state index in [-0.39, 0.29) is 18.2 Å². The molecule has 5 heteroatoms. The Morgan fingerprint density at radius 2 is 1.31 bits per heavy atom. The minimum atomic E-state index is -1.85. The summed E-state index contributed by atoms with van der Waals surface area (Å²) in [6, 6.07) is 18.6. The van der Waals surface area contributed by atoms with Crippen LogP contribution in [0.4, 0.5) is 0 Å². The van der Waals surface area contributed by atoms with E-state index >= 15 is 0 Å². The minimum absolute atomic E-state index is 0.0569. The van der Waals surface area contributed by atoms with Gasteiger partial charge in [-0.3, -0.25) is 14.4 Å². The maximum atomic E-state index is 12.6. The van der Waals surface area contributed by atoms with E-state index < -0.39 is 24.2 Å². The normalized spacial score (nSPS) is 10.6. The molecule has 0 atom stereocenters. The van der Waals surface area contributed by atoms with Crippen molar-refractivity contribution < 1.29 is 19.1 Å². The van der Waals surface area contributed by atoms with Crippen molar-refractivity contribution in [1.82, 2.24) is 0 Å². The molecule has 0 heterocycles. The molecule has 0 saturated heterocycles. The molecule has 0 unspecified atom stereocenters. The number of nitriles is 1. The Balaban J connectivity index is 2.33. The van der Waals surface area contributed by atoms with E-state index in [1.54, 1.807) is 67.6 Å². The third-order valence-electron chi connectivity index (χ3n) is 4.00. The van der Waals surface area contributed by atoms with Crippen molar-refractivity contribution in [3.8, 4) is 6.07 Å². The van der Waals surface area contributed by atoms with Gasteiger partial charge in [0.05, 0.1) is 12.7 Å². The molecular formula is C21H19NO4. The van der Waals surface area contributed by atoms with E-state index in [4.69, 9.17) is 4.74 Å². The van der Waals surface area contributed by atoms with Gasteiger partial charge < -0.3 is 4.74 Å². The van der Waals surface area contributed by atoms with Gasteiger partial charge in [-0.2, -0.15) is 5.26 Å². The lowest BCUT2D eigenvalue weighted by Crippen LogP contribution is -2.36. The quantitative estimate of drug-likeness (QED) is 0.537. The summed E-state index contributed by atoms with van der Waals surface area (Å²) in [5.41, 5.74) is -1.09. The first-order valence-electron chi connectivity index (χ1n) is 8.27. The largest absolute Gasteiger partial charge is 0.465 e. The highest BCUT2D eigenvalue weighted by Crippen LogP contribution is 2.31. The van der Waals surface area contributed by atoms with E-state index in [9.17, 15) is 19.6 Å². The van der Waals surface area contributed by atoms with Crippen LogP contribution in [0.25, 0.3) is 0 Å². The first kappa shape index (κ1) is 19.1. The van der Waals surface area contributed by atoms with Crippen molar-refractivity contribution in [2.24, 2.45) is 5.41 Å². The molecule has 0 N–H and O–H groups in total. The Hall–Kier alpha value is -3.26. The first-order valence-corrected chi connectivity index (χ1v) is 8.27. The third-order valence-corrected chi connectivity index (χ3v) is 4.00. The number of benzene rings is 2. The Morgan fingerprint density at radius 1 is 0.885 bits per heavy atom. The second-order valence-electron chi connectivity index (χ2n) is 5.85. The summed E-state index contributed by atoms with van der Waals surface area (Å²) in [5.74, 6) is -1.63. The predicted octanol–water partition coefficient (Wildman–Crippen LogP) is 3.61. The molecule has 0 bridgehead atoms. The van der Waals surface area contributed by atoms with Crippen LogP contribution in [0.2, 0.25) is 0 Å². The van der Waals surface area contributed by atoms with Crippen molar-refractivity contribution in [1.29, 1.82) is 5.26 Å². The number of ether oxygens (including phenoxy) is 1. The van der Waals surface area contributed by atoms with Gasteiger partial charge in [-0.1, -0.05) is 60.7 Å². The van der Waals surface area contributed by atoms with Crippen molar-refractivity contribution in [2.75, 3.05) is 6.61 Å². The van der Waals surface area contributed by atoms with Crippen LogP contribution in [0.3, 0.4) is 0 Å². The van der Waals surface area contributed by atoms with E-state index in [0.717, 1.165) is 0 Å². The standard InChI is InChI=1S/C21H19NO4/c1-2-26-20(25)21(15-22,13-18(23)16-9-5-3-6-10-16)14-19(24)17-11-7-4-8-12-17/h3-12H,2,13-14H2,1H3. The van der Waals surface area contributed by atoms with Crippen LogP contribution in [0, 0.1) is 16.7 Å². The average Bonchev–Trinajstić information content (AvgIpc) is 2.68. The molecule has 0 radical (unpaired) electrons. The Morgan fingerprint density at radius 3 is 1.65 bits per heavy atom. The van der Waals surface area contributed by atoms with Crippen LogP contribution in [-0.4, -0.2) is 24.1 Å². The number of ketones is 2. The van der Waals surface area contributed by atoms with Gasteiger partial charge in [-0.15, -0.1) is 0 Å². The van der Waals surface area contributed by atoms with Crippen LogP contribution in [0.1, 0.15) is 40.5 Å². The number of rotatable bonds is 8. The molecule has 2 aromatic carbocycles. The second-order valence-corrected chi connectivity index (χ2v) is 5.85. The van der Waals surface area contributed by atoms with Crippen LogP contribution in [0.5, 0.6) is 0 Å². The van der Waals surface area contributed by atoms with Crippen molar-refractivity contribution in [3.05, 3.63) is 71.8 Å². The van der Waals surface area contributed by atoms with Gasteiger partial charge >= 0.3 is 5.97 Å². The lowest BCUT2D eigenvalue weighted by Gasteiger charge is -2.23. The highest BCUT2D eigenvalue weighted by molar-refractivity contribution is 6.04. The number of hydrogen-bond acceptors (Lipinski definition) is 5. The summed E-state index contributed by atoms with van der Waals surface area (Å²) >= 11 is 0. The number of hydrogen-bond donors (Lipinski definition) is 0. The summed E-state index contributed by atoms with van der Waals surface area (Å²) in [6.45, 7) is 1.67. The van der Waals surface area contributed by atoms with Gasteiger partial charge in [-0.05, 0) is 6.92 Å². The van der Waals surface area contributed by atoms with Crippen LogP contribution >= 0.6 is 0 Å². The number of carbonyl (C=O) groups excluding carboxylic acids is 3. The van der Waals surface area contributed by atoms with E-state index in [2.05, 4.69) is 0 Å². The fourth-order valence-corrected chi connectivity index (χ4v) is 2.60. The highest BCUT2D eigenvalue weighted by Gasteiger charge is 2.44. The number of carbonyl (C=O) groups is 3. The Kier molecular flexibility index (Phi) is 6.40. The zero-order valence-electron chi connectivity index (χ0n) is 14.5. The number of esters is 1. The zero-order chi connectivity index (χ0) is 19.0. The molecule has 0 amide bonds. The maximum Gasteiger partial charge on any atom is 0.327 e. The molecule has 0 saturated carbocycles. The first-order chi connectivity index (χ1) is 12.5. The summed E-state index contributed by atoms with van der Waals surface area (Å²) in [7, 11) is 0. The van der Waals surface area contributed by atoms with E-state index in [1.807, 2.05) is 6.07 Å². The highest BCUT2D eigenvalue weighted by atomic mass is 16.5. The summed E-state index contributed by atoms with van der Waals surface area (Å²) in [4.78, 5) is 37.6. The summed E-state index contributed by atoms with van der Waals surface area (Å²) < 4.78 is 5.01. The lowest BCUT2D eigenvalue weighted by atomic mass is 9.77. The molecule has 132 valence electrons. The topological polar surface area (TPSA) is 84.2 Å². The SMILES string of the molecule is CCOC(=O)C(C#N)(CC(=O)c1ccccc1)CC(=O)c1ccccc1. The maximum absolute atomic E-state index is 12.6.